The van der Waals surface area contributed by atoms with Gasteiger partial charge in [-0.3, -0.25) is 0 Å². The van der Waals surface area contributed by atoms with E-state index < -0.39 is 23.9 Å². The van der Waals surface area contributed by atoms with Crippen LogP contribution in [0.15, 0.2) is 170 Å². The van der Waals surface area contributed by atoms with E-state index in [4.69, 9.17) is 18.9 Å². The van der Waals surface area contributed by atoms with Crippen molar-refractivity contribution in [3.63, 3.8) is 0 Å². The second kappa shape index (κ2) is 29.2. The summed E-state index contributed by atoms with van der Waals surface area (Å²) in [5.41, 5.74) is 8.13. The summed E-state index contributed by atoms with van der Waals surface area (Å²) in [6, 6.07) is 50.2. The Kier molecular flexibility index (Phi) is 21.4. The minimum atomic E-state index is -0.654. The van der Waals surface area contributed by atoms with Gasteiger partial charge in [0.25, 0.3) is 0 Å². The fourth-order valence-corrected chi connectivity index (χ4v) is 8.83. The number of carbonyl (C=O) groups is 4. The summed E-state index contributed by atoms with van der Waals surface area (Å²) in [6.45, 7) is 4.50. The molecule has 0 atom stereocenters. The number of carbonyl (C=O) groups excluding carboxylic acids is 4. The topological polar surface area (TPSA) is 105 Å². The molecular formula is C66H70O8. The first-order chi connectivity index (χ1) is 36.2. The van der Waals surface area contributed by atoms with E-state index in [-0.39, 0.29) is 34.1 Å². The van der Waals surface area contributed by atoms with E-state index in [1.54, 1.807) is 42.5 Å². The van der Waals surface area contributed by atoms with Gasteiger partial charge < -0.3 is 18.9 Å². The van der Waals surface area contributed by atoms with Crippen molar-refractivity contribution < 1.29 is 38.1 Å². The van der Waals surface area contributed by atoms with Crippen molar-refractivity contribution >= 4 is 23.9 Å². The molecule has 0 heterocycles. The molecule has 0 aliphatic carbocycles. The van der Waals surface area contributed by atoms with Gasteiger partial charge in [-0.15, -0.1) is 0 Å². The largest absolute Gasteiger partial charge is 0.423 e. The number of unbranched alkanes of at least 4 members (excludes halogenated alkanes) is 14. The van der Waals surface area contributed by atoms with E-state index >= 15 is 0 Å². The number of hydrogen-bond acceptors (Lipinski definition) is 8. The zero-order chi connectivity index (χ0) is 51.7. The summed E-state index contributed by atoms with van der Waals surface area (Å²) < 4.78 is 22.4. The molecule has 0 saturated heterocycles. The molecule has 0 aliphatic rings. The number of benzene rings is 7. The maximum atomic E-state index is 13.1. The zero-order valence-corrected chi connectivity index (χ0v) is 43.2. The first-order valence-electron chi connectivity index (χ1n) is 26.8. The standard InChI is InChI=1S/C66H70O8/c1-3-5-7-9-11-13-15-17-20-49-24-28-51(29-25-49)53-32-36-55(37-33-53)63(67)71-59-44-40-57(41-45-59)65(69)73-61-22-19-23-62(48-61)74-66(70)58-42-46-60(47-43-58)72-64(68)56-38-34-54(35-39-56)52-30-26-50(27-31-52)21-18-16-14-12-10-8-6-4-2/h19,22-48H,3-18,20-21H2,1-2H3. The number of ether oxygens (including phenoxy) is 4. The highest BCUT2D eigenvalue weighted by Gasteiger charge is 2.16. The summed E-state index contributed by atoms with van der Waals surface area (Å²) in [7, 11) is 0. The molecule has 8 nitrogen and oxygen atoms in total. The number of rotatable bonds is 28. The molecule has 0 bridgehead atoms. The van der Waals surface area contributed by atoms with Crippen molar-refractivity contribution in [2.45, 2.75) is 129 Å². The molecular weight excluding hydrogens is 921 g/mol. The van der Waals surface area contributed by atoms with Crippen molar-refractivity contribution in [1.82, 2.24) is 0 Å². The zero-order valence-electron chi connectivity index (χ0n) is 43.2. The molecule has 0 saturated carbocycles. The minimum absolute atomic E-state index is 0.159. The fraction of sp³-hybridized carbons (Fsp3) is 0.303. The average molecular weight is 991 g/mol. The highest BCUT2D eigenvalue weighted by atomic mass is 16.6. The van der Waals surface area contributed by atoms with Crippen LogP contribution in [-0.2, 0) is 12.8 Å². The predicted octanol–water partition coefficient (Wildman–Crippen LogP) is 17.3. The lowest BCUT2D eigenvalue weighted by Crippen LogP contribution is -2.11. The Bertz CT molecular complexity index is 2640. The van der Waals surface area contributed by atoms with Gasteiger partial charge in [-0.25, -0.2) is 19.2 Å². The Labute approximate surface area is 438 Å². The first kappa shape index (κ1) is 54.2. The van der Waals surface area contributed by atoms with Gasteiger partial charge in [0, 0.05) is 6.07 Å². The van der Waals surface area contributed by atoms with Crippen molar-refractivity contribution in [2.75, 3.05) is 0 Å². The normalized spacial score (nSPS) is 10.9. The molecule has 0 N–H and O–H groups in total. The van der Waals surface area contributed by atoms with E-state index in [2.05, 4.69) is 62.4 Å². The van der Waals surface area contributed by atoms with Crippen LogP contribution in [0.1, 0.15) is 169 Å². The second-order valence-electron chi connectivity index (χ2n) is 19.1. The summed E-state index contributed by atoms with van der Waals surface area (Å²) >= 11 is 0. The summed E-state index contributed by atoms with van der Waals surface area (Å²) in [5, 5.41) is 0. The molecule has 0 spiro atoms. The van der Waals surface area contributed by atoms with Crippen LogP contribution in [-0.4, -0.2) is 23.9 Å². The average Bonchev–Trinajstić information content (AvgIpc) is 3.43. The molecule has 0 aromatic heterocycles. The Morgan fingerprint density at radius 1 is 0.284 bits per heavy atom. The van der Waals surface area contributed by atoms with E-state index in [0.717, 1.165) is 35.1 Å². The molecule has 7 aromatic rings. The number of esters is 4. The van der Waals surface area contributed by atoms with Crippen LogP contribution in [0.5, 0.6) is 23.0 Å². The van der Waals surface area contributed by atoms with Crippen molar-refractivity contribution in [3.8, 4) is 45.3 Å². The van der Waals surface area contributed by atoms with Gasteiger partial charge in [0.05, 0.1) is 22.3 Å². The van der Waals surface area contributed by atoms with Crippen LogP contribution in [0.25, 0.3) is 22.3 Å². The molecule has 74 heavy (non-hydrogen) atoms. The third-order valence-electron chi connectivity index (χ3n) is 13.3. The minimum Gasteiger partial charge on any atom is -0.423 e. The van der Waals surface area contributed by atoms with E-state index in [1.807, 2.05) is 24.3 Å². The summed E-state index contributed by atoms with van der Waals surface area (Å²) in [5.74, 6) is -1.48. The van der Waals surface area contributed by atoms with Gasteiger partial charge >= 0.3 is 23.9 Å². The number of aryl methyl sites for hydroxylation is 2. The van der Waals surface area contributed by atoms with Crippen molar-refractivity contribution in [3.05, 3.63) is 203 Å². The Morgan fingerprint density at radius 3 is 0.851 bits per heavy atom. The quantitative estimate of drug-likeness (QED) is 0.0271. The van der Waals surface area contributed by atoms with Gasteiger partial charge in [0.1, 0.15) is 23.0 Å². The second-order valence-corrected chi connectivity index (χ2v) is 19.1. The van der Waals surface area contributed by atoms with Gasteiger partial charge in [0.15, 0.2) is 0 Å². The highest BCUT2D eigenvalue weighted by Crippen LogP contribution is 2.27. The lowest BCUT2D eigenvalue weighted by atomic mass is 10.00. The molecule has 0 radical (unpaired) electrons. The monoisotopic (exact) mass is 991 g/mol. The summed E-state index contributed by atoms with van der Waals surface area (Å²) in [6.07, 6.45) is 23.1. The molecule has 8 heteroatoms. The van der Waals surface area contributed by atoms with Crippen LogP contribution in [0.4, 0.5) is 0 Å². The Hall–Kier alpha value is -7.58. The highest BCUT2D eigenvalue weighted by molar-refractivity contribution is 5.94. The number of hydrogen-bond donors (Lipinski definition) is 0. The lowest BCUT2D eigenvalue weighted by Gasteiger charge is -2.09. The molecule has 0 aliphatic heterocycles. The lowest BCUT2D eigenvalue weighted by molar-refractivity contribution is 0.0723. The SMILES string of the molecule is CCCCCCCCCCc1ccc(-c2ccc(C(=O)Oc3ccc(C(=O)Oc4cccc(OC(=O)c5ccc(OC(=O)c6ccc(-c7ccc(CCCCCCCCCC)cc7)cc6)cc5)c4)cc3)cc2)cc1. The van der Waals surface area contributed by atoms with Gasteiger partial charge in [-0.1, -0.05) is 183 Å². The Balaban J connectivity index is 0.815. The summed E-state index contributed by atoms with van der Waals surface area (Å²) in [4.78, 5) is 52.2. The third-order valence-corrected chi connectivity index (χ3v) is 13.3. The molecule has 7 aromatic carbocycles. The van der Waals surface area contributed by atoms with Crippen molar-refractivity contribution in [1.29, 1.82) is 0 Å². The maximum absolute atomic E-state index is 13.1. The predicted molar refractivity (Wildman–Crippen MR) is 296 cm³/mol. The Morgan fingerprint density at radius 2 is 0.541 bits per heavy atom. The van der Waals surface area contributed by atoms with E-state index in [1.165, 1.54) is 168 Å². The first-order valence-corrected chi connectivity index (χ1v) is 26.8. The van der Waals surface area contributed by atoms with Crippen LogP contribution < -0.4 is 18.9 Å². The maximum Gasteiger partial charge on any atom is 0.343 e. The van der Waals surface area contributed by atoms with E-state index in [9.17, 15) is 19.2 Å². The third kappa shape index (κ3) is 17.3. The molecule has 382 valence electrons. The van der Waals surface area contributed by atoms with Gasteiger partial charge in [0.2, 0.25) is 0 Å². The van der Waals surface area contributed by atoms with Gasteiger partial charge in [-0.2, -0.15) is 0 Å². The van der Waals surface area contributed by atoms with E-state index in [0.29, 0.717) is 11.1 Å². The smallest absolute Gasteiger partial charge is 0.343 e. The van der Waals surface area contributed by atoms with Crippen molar-refractivity contribution in [2.24, 2.45) is 0 Å². The van der Waals surface area contributed by atoms with Crippen LogP contribution >= 0.6 is 0 Å². The molecule has 0 amide bonds. The molecule has 7 rings (SSSR count). The fourth-order valence-electron chi connectivity index (χ4n) is 8.83. The van der Waals surface area contributed by atoms with Crippen LogP contribution in [0.2, 0.25) is 0 Å². The molecule has 0 unspecified atom stereocenters. The molecule has 0 fully saturated rings. The van der Waals surface area contributed by atoms with Gasteiger partial charge in [-0.05, 0) is 144 Å². The van der Waals surface area contributed by atoms with Crippen LogP contribution in [0, 0.1) is 0 Å². The van der Waals surface area contributed by atoms with Crippen LogP contribution in [0.3, 0.4) is 0 Å².